The molecular weight excluding hydrogens is 260 g/mol. The number of nitrogens with one attached hydrogen (secondary N) is 1. The quantitative estimate of drug-likeness (QED) is 0.730. The summed E-state index contributed by atoms with van der Waals surface area (Å²) in [5.74, 6) is 0.772. The van der Waals surface area contributed by atoms with Gasteiger partial charge in [-0.1, -0.05) is 25.7 Å². The minimum absolute atomic E-state index is 0.557. The van der Waals surface area contributed by atoms with Crippen LogP contribution in [-0.2, 0) is 4.74 Å². The largest absolute Gasteiger partial charge is 0.384 e. The molecule has 1 N–H and O–H groups in total. The van der Waals surface area contributed by atoms with E-state index in [1.54, 1.807) is 0 Å². The second kappa shape index (κ2) is 7.43. The van der Waals surface area contributed by atoms with E-state index in [4.69, 9.17) is 4.74 Å². The molecule has 3 aliphatic rings. The second-order valence-electron chi connectivity index (χ2n) is 7.91. The average molecular weight is 294 g/mol. The normalized spacial score (nSPS) is 30.4. The Labute approximate surface area is 130 Å². The van der Waals surface area contributed by atoms with Gasteiger partial charge in [0.2, 0.25) is 0 Å². The molecule has 1 saturated heterocycles. The van der Waals surface area contributed by atoms with E-state index in [0.29, 0.717) is 5.41 Å². The summed E-state index contributed by atoms with van der Waals surface area (Å²) < 4.78 is 5.36. The Morgan fingerprint density at radius 3 is 2.52 bits per heavy atom. The van der Waals surface area contributed by atoms with Crippen LogP contribution in [0.4, 0.5) is 0 Å². The molecule has 3 fully saturated rings. The van der Waals surface area contributed by atoms with E-state index in [1.807, 2.05) is 7.11 Å². The first-order valence-electron chi connectivity index (χ1n) is 9.24. The van der Waals surface area contributed by atoms with Crippen LogP contribution >= 0.6 is 0 Å². The van der Waals surface area contributed by atoms with Gasteiger partial charge in [0.25, 0.3) is 0 Å². The first kappa shape index (κ1) is 15.8. The third-order valence-corrected chi connectivity index (χ3v) is 5.84. The maximum absolute atomic E-state index is 5.36. The molecule has 2 aliphatic carbocycles. The van der Waals surface area contributed by atoms with E-state index in [2.05, 4.69) is 10.2 Å². The molecule has 0 aromatic rings. The summed E-state index contributed by atoms with van der Waals surface area (Å²) in [6.07, 6.45) is 12.8. The van der Waals surface area contributed by atoms with E-state index in [-0.39, 0.29) is 0 Å². The molecule has 1 aliphatic heterocycles. The Morgan fingerprint density at radius 2 is 1.86 bits per heavy atom. The van der Waals surface area contributed by atoms with Gasteiger partial charge in [0, 0.05) is 32.8 Å². The minimum atomic E-state index is 0.557. The van der Waals surface area contributed by atoms with Gasteiger partial charge in [-0.05, 0) is 50.0 Å². The number of hydrogen-bond acceptors (Lipinski definition) is 3. The first-order chi connectivity index (χ1) is 10.3. The van der Waals surface area contributed by atoms with E-state index in [0.717, 1.165) is 18.6 Å². The third-order valence-electron chi connectivity index (χ3n) is 5.84. The van der Waals surface area contributed by atoms with Crippen molar-refractivity contribution >= 4 is 0 Å². The lowest BCUT2D eigenvalue weighted by Gasteiger charge is -2.37. The van der Waals surface area contributed by atoms with Crippen LogP contribution in [0.15, 0.2) is 0 Å². The van der Waals surface area contributed by atoms with Gasteiger partial charge in [-0.3, -0.25) is 0 Å². The van der Waals surface area contributed by atoms with E-state index >= 15 is 0 Å². The average Bonchev–Trinajstić information content (AvgIpc) is 3.24. The highest BCUT2D eigenvalue weighted by molar-refractivity contribution is 4.92. The SMILES string of the molecule is COCC1CCN(CC2(CNC3CC3)CCCCCC2)C1. The zero-order valence-electron chi connectivity index (χ0n) is 13.9. The Balaban J connectivity index is 1.55. The fourth-order valence-corrected chi connectivity index (χ4v) is 4.42. The number of hydrogen-bond donors (Lipinski definition) is 1. The summed E-state index contributed by atoms with van der Waals surface area (Å²) in [4.78, 5) is 2.74. The molecule has 0 radical (unpaired) electrons. The number of nitrogens with zero attached hydrogens (tertiary/aromatic N) is 1. The van der Waals surface area contributed by atoms with Crippen LogP contribution in [-0.4, -0.2) is 50.8 Å². The second-order valence-corrected chi connectivity index (χ2v) is 7.91. The lowest BCUT2D eigenvalue weighted by atomic mass is 9.79. The monoisotopic (exact) mass is 294 g/mol. The van der Waals surface area contributed by atoms with Crippen LogP contribution in [0.2, 0.25) is 0 Å². The molecule has 122 valence electrons. The molecule has 0 bridgehead atoms. The van der Waals surface area contributed by atoms with Gasteiger partial charge in [-0.25, -0.2) is 0 Å². The standard InChI is InChI=1S/C18H34N2O/c1-21-13-16-8-11-20(12-16)15-18(14-19-17-6-7-17)9-4-2-3-5-10-18/h16-17,19H,2-15H2,1H3. The highest BCUT2D eigenvalue weighted by Crippen LogP contribution is 2.37. The predicted octanol–water partition coefficient (Wildman–Crippen LogP) is 3.05. The Kier molecular flexibility index (Phi) is 5.58. The molecule has 0 amide bonds. The van der Waals surface area contributed by atoms with E-state index in [9.17, 15) is 0 Å². The maximum Gasteiger partial charge on any atom is 0.0503 e. The Hall–Kier alpha value is -0.120. The Bertz CT molecular complexity index is 308. The van der Waals surface area contributed by atoms with Crippen molar-refractivity contribution in [3.63, 3.8) is 0 Å². The molecular formula is C18H34N2O. The fraction of sp³-hybridized carbons (Fsp3) is 1.00. The molecule has 1 atom stereocenters. The smallest absolute Gasteiger partial charge is 0.0503 e. The summed E-state index contributed by atoms with van der Waals surface area (Å²) in [6.45, 7) is 6.10. The highest BCUT2D eigenvalue weighted by Gasteiger charge is 2.36. The van der Waals surface area contributed by atoms with Gasteiger partial charge < -0.3 is 15.0 Å². The van der Waals surface area contributed by atoms with Crippen LogP contribution < -0.4 is 5.32 Å². The number of likely N-dealkylation sites (tertiary alicyclic amines) is 1. The predicted molar refractivity (Wildman–Crippen MR) is 87.6 cm³/mol. The molecule has 1 heterocycles. The van der Waals surface area contributed by atoms with Crippen molar-refractivity contribution in [2.24, 2.45) is 11.3 Å². The van der Waals surface area contributed by atoms with E-state index < -0.39 is 0 Å². The number of methoxy groups -OCH3 is 1. The molecule has 0 aromatic heterocycles. The van der Waals surface area contributed by atoms with Crippen LogP contribution in [0.25, 0.3) is 0 Å². The summed E-state index contributed by atoms with van der Waals surface area (Å²) in [5.41, 5.74) is 0.557. The van der Waals surface area contributed by atoms with Gasteiger partial charge in [-0.15, -0.1) is 0 Å². The molecule has 3 heteroatoms. The summed E-state index contributed by atoms with van der Waals surface area (Å²) >= 11 is 0. The van der Waals surface area contributed by atoms with Gasteiger partial charge in [0.05, 0.1) is 6.61 Å². The lowest BCUT2D eigenvalue weighted by Crippen LogP contribution is -2.44. The van der Waals surface area contributed by atoms with E-state index in [1.165, 1.54) is 84.0 Å². The van der Waals surface area contributed by atoms with Crippen molar-refractivity contribution in [2.75, 3.05) is 39.9 Å². The van der Waals surface area contributed by atoms with Crippen LogP contribution in [0.5, 0.6) is 0 Å². The minimum Gasteiger partial charge on any atom is -0.384 e. The summed E-state index contributed by atoms with van der Waals surface area (Å²) in [5, 5.41) is 3.85. The highest BCUT2D eigenvalue weighted by atomic mass is 16.5. The number of rotatable bonds is 7. The van der Waals surface area contributed by atoms with Gasteiger partial charge in [-0.2, -0.15) is 0 Å². The Morgan fingerprint density at radius 1 is 1.10 bits per heavy atom. The zero-order chi connectivity index (χ0) is 14.5. The third kappa shape index (κ3) is 4.67. The lowest BCUT2D eigenvalue weighted by molar-refractivity contribution is 0.125. The topological polar surface area (TPSA) is 24.5 Å². The molecule has 0 spiro atoms. The van der Waals surface area contributed by atoms with Crippen LogP contribution in [0.3, 0.4) is 0 Å². The zero-order valence-corrected chi connectivity index (χ0v) is 13.9. The van der Waals surface area contributed by atoms with Crippen molar-refractivity contribution in [2.45, 2.75) is 63.8 Å². The van der Waals surface area contributed by atoms with Crippen molar-refractivity contribution in [1.82, 2.24) is 10.2 Å². The molecule has 1 unspecified atom stereocenters. The molecule has 0 aromatic carbocycles. The summed E-state index contributed by atoms with van der Waals surface area (Å²) in [7, 11) is 1.84. The van der Waals surface area contributed by atoms with Crippen molar-refractivity contribution < 1.29 is 4.74 Å². The molecule has 21 heavy (non-hydrogen) atoms. The maximum atomic E-state index is 5.36. The van der Waals surface area contributed by atoms with Crippen LogP contribution in [0, 0.1) is 11.3 Å². The van der Waals surface area contributed by atoms with Crippen molar-refractivity contribution in [3.05, 3.63) is 0 Å². The molecule has 2 saturated carbocycles. The van der Waals surface area contributed by atoms with Crippen molar-refractivity contribution in [1.29, 1.82) is 0 Å². The number of ether oxygens (including phenoxy) is 1. The van der Waals surface area contributed by atoms with Gasteiger partial charge >= 0.3 is 0 Å². The first-order valence-corrected chi connectivity index (χ1v) is 9.24. The molecule has 3 rings (SSSR count). The summed E-state index contributed by atoms with van der Waals surface area (Å²) in [6, 6.07) is 0.852. The molecule has 3 nitrogen and oxygen atoms in total. The fourth-order valence-electron chi connectivity index (χ4n) is 4.42. The van der Waals surface area contributed by atoms with Crippen LogP contribution in [0.1, 0.15) is 57.8 Å². The van der Waals surface area contributed by atoms with Crippen molar-refractivity contribution in [3.8, 4) is 0 Å². The van der Waals surface area contributed by atoms with Gasteiger partial charge in [0.15, 0.2) is 0 Å². The van der Waals surface area contributed by atoms with Gasteiger partial charge in [0.1, 0.15) is 0 Å².